The second kappa shape index (κ2) is 6.48. The third kappa shape index (κ3) is 3.48. The molecule has 7 heteroatoms. The smallest absolute Gasteiger partial charge is 0.246 e. The van der Waals surface area contributed by atoms with Gasteiger partial charge in [-0.05, 0) is 27.8 Å². The second-order valence-electron chi connectivity index (χ2n) is 5.70. The average molecular weight is 315 g/mol. The van der Waals surface area contributed by atoms with E-state index in [1.807, 2.05) is 0 Å². The summed E-state index contributed by atoms with van der Waals surface area (Å²) in [6.07, 6.45) is 0. The first-order chi connectivity index (χ1) is 9.86. The summed E-state index contributed by atoms with van der Waals surface area (Å²) in [7, 11) is -1.65. The van der Waals surface area contributed by atoms with Crippen molar-refractivity contribution in [2.45, 2.75) is 38.3 Å². The Balaban J connectivity index is 2.15. The molecule has 0 amide bonds. The van der Waals surface area contributed by atoms with Crippen LogP contribution in [-0.4, -0.2) is 56.9 Å². The van der Waals surface area contributed by atoms with E-state index in [4.69, 9.17) is 4.42 Å². The highest BCUT2D eigenvalue weighted by Crippen LogP contribution is 2.24. The molecule has 1 saturated heterocycles. The molecule has 6 nitrogen and oxygen atoms in total. The summed E-state index contributed by atoms with van der Waals surface area (Å²) in [4.78, 5) is 2.59. The number of hydrogen-bond acceptors (Lipinski definition) is 5. The molecule has 1 aromatic heterocycles. The molecule has 1 aliphatic heterocycles. The summed E-state index contributed by atoms with van der Waals surface area (Å²) in [5.41, 5.74) is 0. The van der Waals surface area contributed by atoms with E-state index in [1.165, 1.54) is 0 Å². The van der Waals surface area contributed by atoms with Crippen LogP contribution in [0.1, 0.15) is 25.4 Å². The highest BCUT2D eigenvalue weighted by Gasteiger charge is 2.31. The number of hydrogen-bond donors (Lipinski definition) is 1. The van der Waals surface area contributed by atoms with Crippen LogP contribution in [0.4, 0.5) is 0 Å². The van der Waals surface area contributed by atoms with Gasteiger partial charge in [0.25, 0.3) is 0 Å². The molecule has 21 heavy (non-hydrogen) atoms. The number of furan rings is 1. The van der Waals surface area contributed by atoms with Crippen LogP contribution >= 0.6 is 0 Å². The topological polar surface area (TPSA) is 65.8 Å². The van der Waals surface area contributed by atoms with E-state index in [0.29, 0.717) is 42.1 Å². The van der Waals surface area contributed by atoms with Crippen LogP contribution in [0.2, 0.25) is 0 Å². The van der Waals surface area contributed by atoms with E-state index in [-0.39, 0.29) is 0 Å². The molecule has 120 valence electrons. The molecule has 2 rings (SSSR count). The molecule has 0 aromatic carbocycles. The van der Waals surface area contributed by atoms with Crippen LogP contribution in [0.5, 0.6) is 0 Å². The van der Waals surface area contributed by atoms with Gasteiger partial charge in [0, 0.05) is 38.3 Å². The summed E-state index contributed by atoms with van der Waals surface area (Å²) in [6, 6.07) is 2.09. The number of nitrogens with zero attached hydrogens (tertiary/aromatic N) is 2. The molecule has 1 aliphatic rings. The van der Waals surface area contributed by atoms with Crippen molar-refractivity contribution in [3.63, 3.8) is 0 Å². The maximum atomic E-state index is 12.7. The molecule has 0 aliphatic carbocycles. The van der Waals surface area contributed by atoms with Gasteiger partial charge < -0.3 is 9.73 Å². The van der Waals surface area contributed by atoms with Gasteiger partial charge in [0.05, 0.1) is 6.54 Å². The minimum Gasteiger partial charge on any atom is -0.464 e. The van der Waals surface area contributed by atoms with Crippen LogP contribution in [0, 0.1) is 6.92 Å². The van der Waals surface area contributed by atoms with Crippen molar-refractivity contribution in [2.75, 3.05) is 33.2 Å². The summed E-state index contributed by atoms with van der Waals surface area (Å²) in [5, 5.41) is 2.96. The van der Waals surface area contributed by atoms with Gasteiger partial charge in [-0.2, -0.15) is 4.31 Å². The lowest BCUT2D eigenvalue weighted by molar-refractivity contribution is 0.154. The number of rotatable bonds is 5. The summed E-state index contributed by atoms with van der Waals surface area (Å²) < 4.78 is 32.5. The van der Waals surface area contributed by atoms with Gasteiger partial charge in [0.15, 0.2) is 0 Å². The van der Waals surface area contributed by atoms with Crippen molar-refractivity contribution in [3.8, 4) is 0 Å². The Morgan fingerprint density at radius 1 is 1.29 bits per heavy atom. The molecular formula is C14H25N3O3S. The molecule has 2 heterocycles. The van der Waals surface area contributed by atoms with Crippen LogP contribution < -0.4 is 5.32 Å². The van der Waals surface area contributed by atoms with Gasteiger partial charge in [-0.1, -0.05) is 0 Å². The number of aryl methyl sites for hydroxylation is 1. The quantitative estimate of drug-likeness (QED) is 0.879. The van der Waals surface area contributed by atoms with Crippen LogP contribution in [-0.2, 0) is 16.6 Å². The zero-order chi connectivity index (χ0) is 15.6. The zero-order valence-electron chi connectivity index (χ0n) is 13.2. The maximum Gasteiger partial charge on any atom is 0.246 e. The Morgan fingerprint density at radius 2 is 1.90 bits per heavy atom. The van der Waals surface area contributed by atoms with E-state index >= 15 is 0 Å². The van der Waals surface area contributed by atoms with Gasteiger partial charge in [0.2, 0.25) is 10.0 Å². The standard InChI is InChI=1S/C14H25N3O3S/c1-11(2)16-5-7-17(8-6-16)21(18,19)14-9-13(10-15-4)20-12(14)3/h9,11,15H,5-8,10H2,1-4H3. The SMILES string of the molecule is CNCc1cc(S(=O)(=O)N2CCN(C(C)C)CC2)c(C)o1. The molecule has 0 atom stereocenters. The van der Waals surface area contributed by atoms with Crippen molar-refractivity contribution in [2.24, 2.45) is 0 Å². The normalized spacial score (nSPS) is 18.5. The van der Waals surface area contributed by atoms with E-state index in [2.05, 4.69) is 24.1 Å². The molecular weight excluding hydrogens is 290 g/mol. The van der Waals surface area contributed by atoms with Gasteiger partial charge in [-0.25, -0.2) is 8.42 Å². The van der Waals surface area contributed by atoms with E-state index in [0.717, 1.165) is 13.1 Å². The van der Waals surface area contributed by atoms with Crippen molar-refractivity contribution >= 4 is 10.0 Å². The average Bonchev–Trinajstić information content (AvgIpc) is 2.81. The van der Waals surface area contributed by atoms with E-state index < -0.39 is 10.0 Å². The largest absolute Gasteiger partial charge is 0.464 e. The zero-order valence-corrected chi connectivity index (χ0v) is 14.0. The molecule has 1 N–H and O–H groups in total. The Kier molecular flexibility index (Phi) is 5.08. The summed E-state index contributed by atoms with van der Waals surface area (Å²) >= 11 is 0. The Labute approximate surface area is 127 Å². The predicted octanol–water partition coefficient (Wildman–Crippen LogP) is 1.02. The number of nitrogens with one attached hydrogen (secondary N) is 1. The lowest BCUT2D eigenvalue weighted by atomic mass is 10.3. The van der Waals surface area contributed by atoms with Crippen molar-refractivity contribution in [1.29, 1.82) is 0 Å². The fourth-order valence-corrected chi connectivity index (χ4v) is 4.25. The fraction of sp³-hybridized carbons (Fsp3) is 0.714. The van der Waals surface area contributed by atoms with Gasteiger partial charge >= 0.3 is 0 Å². The molecule has 0 radical (unpaired) electrons. The minimum atomic E-state index is -3.45. The third-order valence-electron chi connectivity index (χ3n) is 3.90. The molecule has 0 unspecified atom stereocenters. The molecule has 0 spiro atoms. The summed E-state index contributed by atoms with van der Waals surface area (Å²) in [6.45, 7) is 9.12. The van der Waals surface area contributed by atoms with Crippen LogP contribution in [0.3, 0.4) is 0 Å². The first-order valence-electron chi connectivity index (χ1n) is 7.34. The molecule has 1 aromatic rings. The van der Waals surface area contributed by atoms with Gasteiger partial charge in [0.1, 0.15) is 16.4 Å². The lowest BCUT2D eigenvalue weighted by Crippen LogP contribution is -2.50. The predicted molar refractivity (Wildman–Crippen MR) is 81.7 cm³/mol. The highest BCUT2D eigenvalue weighted by atomic mass is 32.2. The molecule has 0 saturated carbocycles. The summed E-state index contributed by atoms with van der Waals surface area (Å²) in [5.74, 6) is 1.11. The second-order valence-corrected chi connectivity index (χ2v) is 7.60. The third-order valence-corrected chi connectivity index (χ3v) is 5.90. The fourth-order valence-electron chi connectivity index (χ4n) is 2.64. The monoisotopic (exact) mass is 315 g/mol. The molecule has 1 fully saturated rings. The van der Waals surface area contributed by atoms with E-state index in [9.17, 15) is 8.42 Å². The molecule has 0 bridgehead atoms. The van der Waals surface area contributed by atoms with Crippen molar-refractivity contribution in [3.05, 3.63) is 17.6 Å². The first-order valence-corrected chi connectivity index (χ1v) is 8.78. The van der Waals surface area contributed by atoms with Gasteiger partial charge in [-0.15, -0.1) is 0 Å². The van der Waals surface area contributed by atoms with Crippen LogP contribution in [0.15, 0.2) is 15.4 Å². The van der Waals surface area contributed by atoms with E-state index in [1.54, 1.807) is 24.3 Å². The maximum absolute atomic E-state index is 12.7. The van der Waals surface area contributed by atoms with Crippen LogP contribution in [0.25, 0.3) is 0 Å². The van der Waals surface area contributed by atoms with Gasteiger partial charge in [-0.3, -0.25) is 4.90 Å². The first kappa shape index (κ1) is 16.5. The number of piperazine rings is 1. The van der Waals surface area contributed by atoms with Crippen molar-refractivity contribution in [1.82, 2.24) is 14.5 Å². The van der Waals surface area contributed by atoms with Crippen molar-refractivity contribution < 1.29 is 12.8 Å². The Bertz CT molecular complexity index is 572. The minimum absolute atomic E-state index is 0.297. The Morgan fingerprint density at radius 3 is 2.43 bits per heavy atom. The number of sulfonamides is 1. The lowest BCUT2D eigenvalue weighted by Gasteiger charge is -2.36. The Hall–Kier alpha value is -0.890. The highest BCUT2D eigenvalue weighted by molar-refractivity contribution is 7.89.